The standard InChI is InChI=1S/C8H6F5NO2/c1-3-6(10)8(13,14(15)16)4(2)5(9)7(3,11)12/h1-2H3. The molecule has 90 valence electrons. The smallest absolute Gasteiger partial charge is 0.261 e. The average Bonchev–Trinajstić information content (AvgIpc) is 2.21. The van der Waals surface area contributed by atoms with Crippen LogP contribution >= 0.6 is 0 Å². The molecule has 16 heavy (non-hydrogen) atoms. The summed E-state index contributed by atoms with van der Waals surface area (Å²) in [7, 11) is 0. The number of halogens is 5. The predicted molar refractivity (Wildman–Crippen MR) is 43.4 cm³/mol. The van der Waals surface area contributed by atoms with Crippen LogP contribution in [-0.4, -0.2) is 16.6 Å². The Morgan fingerprint density at radius 2 is 1.50 bits per heavy atom. The maximum atomic E-state index is 13.6. The minimum atomic E-state index is -4.35. The van der Waals surface area contributed by atoms with Gasteiger partial charge in [0.05, 0.1) is 10.5 Å². The SMILES string of the molecule is CC1=C(F)C(F)([N+](=O)[O-])C(C)=C(F)C1(F)F. The first-order valence-electron chi connectivity index (χ1n) is 4.03. The quantitative estimate of drug-likeness (QED) is 0.307. The third-order valence-corrected chi connectivity index (χ3v) is 2.44. The summed E-state index contributed by atoms with van der Waals surface area (Å²) in [6.07, 6.45) is 0. The van der Waals surface area contributed by atoms with Gasteiger partial charge in [-0.2, -0.15) is 17.6 Å². The Bertz CT molecular complexity index is 398. The fourth-order valence-corrected chi connectivity index (χ4v) is 1.31. The molecule has 1 rings (SSSR count). The van der Waals surface area contributed by atoms with Crippen molar-refractivity contribution in [3.63, 3.8) is 0 Å². The fraction of sp³-hybridized carbons (Fsp3) is 0.500. The van der Waals surface area contributed by atoms with E-state index >= 15 is 0 Å². The molecule has 0 radical (unpaired) electrons. The molecule has 0 amide bonds. The molecular weight excluding hydrogens is 237 g/mol. The molecule has 0 saturated carbocycles. The Labute approximate surface area is 86.4 Å². The summed E-state index contributed by atoms with van der Waals surface area (Å²) in [6.45, 7) is 0.817. The number of nitrogens with zero attached hydrogens (tertiary/aromatic N) is 1. The summed E-state index contributed by atoms with van der Waals surface area (Å²) >= 11 is 0. The van der Waals surface area contributed by atoms with Gasteiger partial charge in [-0.05, 0) is 13.8 Å². The van der Waals surface area contributed by atoms with Crippen molar-refractivity contribution in [2.45, 2.75) is 25.6 Å². The van der Waals surface area contributed by atoms with E-state index in [0.717, 1.165) is 0 Å². The number of hydrogen-bond acceptors (Lipinski definition) is 2. The fourth-order valence-electron chi connectivity index (χ4n) is 1.31. The van der Waals surface area contributed by atoms with Crippen molar-refractivity contribution in [1.82, 2.24) is 0 Å². The summed E-state index contributed by atoms with van der Waals surface area (Å²) in [4.78, 5) is 8.53. The van der Waals surface area contributed by atoms with E-state index in [-0.39, 0.29) is 0 Å². The number of nitro groups is 1. The topological polar surface area (TPSA) is 43.1 Å². The van der Waals surface area contributed by atoms with Crippen LogP contribution in [-0.2, 0) is 0 Å². The maximum Gasteiger partial charge on any atom is 0.435 e. The van der Waals surface area contributed by atoms with Gasteiger partial charge in [0.25, 0.3) is 0 Å². The van der Waals surface area contributed by atoms with Gasteiger partial charge in [-0.1, -0.05) is 0 Å². The molecule has 1 atom stereocenters. The normalized spacial score (nSPS) is 29.7. The van der Waals surface area contributed by atoms with Gasteiger partial charge in [0.1, 0.15) is 0 Å². The summed E-state index contributed by atoms with van der Waals surface area (Å²) in [5.41, 5.74) is -3.21. The van der Waals surface area contributed by atoms with E-state index in [1.54, 1.807) is 0 Å². The summed E-state index contributed by atoms with van der Waals surface area (Å²) in [6, 6.07) is 0. The Kier molecular flexibility index (Phi) is 2.57. The summed E-state index contributed by atoms with van der Waals surface area (Å²) in [5, 5.41) is 10.3. The van der Waals surface area contributed by atoms with E-state index in [1.807, 2.05) is 0 Å². The van der Waals surface area contributed by atoms with Gasteiger partial charge >= 0.3 is 11.7 Å². The second-order valence-corrected chi connectivity index (χ2v) is 3.33. The Morgan fingerprint density at radius 3 is 1.88 bits per heavy atom. The van der Waals surface area contributed by atoms with E-state index in [0.29, 0.717) is 13.8 Å². The van der Waals surface area contributed by atoms with E-state index in [1.165, 1.54) is 0 Å². The monoisotopic (exact) mass is 243 g/mol. The molecule has 0 aromatic carbocycles. The Hall–Kier alpha value is -1.47. The number of hydrogen-bond donors (Lipinski definition) is 0. The lowest BCUT2D eigenvalue weighted by Gasteiger charge is -2.27. The lowest BCUT2D eigenvalue weighted by Crippen LogP contribution is -2.43. The van der Waals surface area contributed by atoms with Gasteiger partial charge in [-0.25, -0.2) is 4.39 Å². The van der Waals surface area contributed by atoms with Crippen molar-refractivity contribution in [2.75, 3.05) is 0 Å². The van der Waals surface area contributed by atoms with Gasteiger partial charge in [-0.3, -0.25) is 10.1 Å². The average molecular weight is 243 g/mol. The number of allylic oxidation sites excluding steroid dienone is 2. The van der Waals surface area contributed by atoms with Gasteiger partial charge in [-0.15, -0.1) is 0 Å². The Morgan fingerprint density at radius 1 is 1.06 bits per heavy atom. The molecule has 1 aliphatic carbocycles. The second-order valence-electron chi connectivity index (χ2n) is 3.33. The first-order chi connectivity index (χ1) is 7.07. The van der Waals surface area contributed by atoms with E-state index < -0.39 is 39.4 Å². The van der Waals surface area contributed by atoms with Crippen molar-refractivity contribution in [2.24, 2.45) is 0 Å². The van der Waals surface area contributed by atoms with Gasteiger partial charge in [0.15, 0.2) is 5.83 Å². The van der Waals surface area contributed by atoms with Crippen LogP contribution in [0.15, 0.2) is 22.8 Å². The van der Waals surface area contributed by atoms with Crippen molar-refractivity contribution >= 4 is 0 Å². The van der Waals surface area contributed by atoms with Crippen LogP contribution in [0.4, 0.5) is 22.0 Å². The van der Waals surface area contributed by atoms with Crippen LogP contribution < -0.4 is 0 Å². The molecule has 0 saturated heterocycles. The molecule has 0 aliphatic heterocycles. The number of alkyl halides is 3. The summed E-state index contributed by atoms with van der Waals surface area (Å²) in [5.74, 6) is -13.0. The van der Waals surface area contributed by atoms with Gasteiger partial charge in [0.2, 0.25) is 5.83 Å². The van der Waals surface area contributed by atoms with E-state index in [9.17, 15) is 32.1 Å². The minimum Gasteiger partial charge on any atom is -0.261 e. The molecule has 0 spiro atoms. The van der Waals surface area contributed by atoms with Crippen molar-refractivity contribution < 1.29 is 26.9 Å². The van der Waals surface area contributed by atoms with E-state index in [4.69, 9.17) is 0 Å². The maximum absolute atomic E-state index is 13.6. The van der Waals surface area contributed by atoms with Crippen LogP contribution in [0.2, 0.25) is 0 Å². The minimum absolute atomic E-state index is 0.402. The predicted octanol–water partition coefficient (Wildman–Crippen LogP) is 3.06. The third-order valence-electron chi connectivity index (χ3n) is 2.44. The molecule has 0 heterocycles. The van der Waals surface area contributed by atoms with Gasteiger partial charge in [0, 0.05) is 5.57 Å². The number of rotatable bonds is 1. The highest BCUT2D eigenvalue weighted by Crippen LogP contribution is 2.49. The highest BCUT2D eigenvalue weighted by atomic mass is 19.3. The molecule has 0 aromatic heterocycles. The highest BCUT2D eigenvalue weighted by Gasteiger charge is 2.62. The molecule has 0 fully saturated rings. The molecular formula is C8H6F5NO2. The third kappa shape index (κ3) is 1.25. The van der Waals surface area contributed by atoms with Crippen molar-refractivity contribution in [3.05, 3.63) is 32.9 Å². The molecule has 3 nitrogen and oxygen atoms in total. The van der Waals surface area contributed by atoms with Crippen LogP contribution in [0.25, 0.3) is 0 Å². The highest BCUT2D eigenvalue weighted by molar-refractivity contribution is 5.42. The largest absolute Gasteiger partial charge is 0.435 e. The van der Waals surface area contributed by atoms with Crippen molar-refractivity contribution in [3.8, 4) is 0 Å². The first-order valence-corrected chi connectivity index (χ1v) is 4.03. The molecule has 0 aromatic rings. The second kappa shape index (κ2) is 3.26. The molecule has 1 unspecified atom stereocenters. The molecule has 1 aliphatic rings. The Balaban J connectivity index is 3.60. The van der Waals surface area contributed by atoms with Crippen molar-refractivity contribution in [1.29, 1.82) is 0 Å². The van der Waals surface area contributed by atoms with Crippen LogP contribution in [0, 0.1) is 10.1 Å². The molecule has 0 bridgehead atoms. The lowest BCUT2D eigenvalue weighted by atomic mass is 9.90. The molecule has 8 heteroatoms. The lowest BCUT2D eigenvalue weighted by molar-refractivity contribution is -0.584. The van der Waals surface area contributed by atoms with E-state index in [2.05, 4.69) is 0 Å². The zero-order valence-electron chi connectivity index (χ0n) is 8.15. The first kappa shape index (κ1) is 12.6. The molecule has 0 N–H and O–H groups in total. The van der Waals surface area contributed by atoms with Crippen LogP contribution in [0.1, 0.15) is 13.8 Å². The zero-order chi connectivity index (χ0) is 12.9. The van der Waals surface area contributed by atoms with Crippen LogP contribution in [0.5, 0.6) is 0 Å². The van der Waals surface area contributed by atoms with Crippen LogP contribution in [0.3, 0.4) is 0 Å². The zero-order valence-corrected chi connectivity index (χ0v) is 8.15. The van der Waals surface area contributed by atoms with Gasteiger partial charge < -0.3 is 0 Å². The summed E-state index contributed by atoms with van der Waals surface area (Å²) < 4.78 is 65.7.